The number of hydrogen-bond donors (Lipinski definition) is 0. The molecule has 88 valence electrons. The highest BCUT2D eigenvalue weighted by molar-refractivity contribution is 5.31. The smallest absolute Gasteiger partial charge is 0.162 e. The molecule has 0 bridgehead atoms. The van der Waals surface area contributed by atoms with Crippen molar-refractivity contribution in [1.82, 2.24) is 0 Å². The first-order valence-electron chi connectivity index (χ1n) is 6.04. The minimum atomic E-state index is -0.731. The highest BCUT2D eigenvalue weighted by atomic mass is 19.2. The van der Waals surface area contributed by atoms with Gasteiger partial charge in [-0.25, -0.2) is 8.78 Å². The van der Waals surface area contributed by atoms with E-state index in [0.29, 0.717) is 17.4 Å². The Kier molecular flexibility index (Phi) is 3.27. The van der Waals surface area contributed by atoms with Crippen LogP contribution in [0.25, 0.3) is 0 Å². The van der Waals surface area contributed by atoms with Crippen LogP contribution in [0.1, 0.15) is 49.7 Å². The van der Waals surface area contributed by atoms with Crippen molar-refractivity contribution in [3.8, 4) is 0 Å². The Hall–Kier alpha value is -0.920. The predicted molar refractivity (Wildman–Crippen MR) is 61.5 cm³/mol. The van der Waals surface area contributed by atoms with Crippen LogP contribution in [-0.2, 0) is 0 Å². The lowest BCUT2D eigenvalue weighted by Gasteiger charge is -2.28. The molecule has 2 heteroatoms. The molecule has 1 fully saturated rings. The molecule has 1 saturated carbocycles. The molecule has 2 rings (SSSR count). The van der Waals surface area contributed by atoms with Crippen LogP contribution in [0.4, 0.5) is 8.78 Å². The molecule has 0 nitrogen and oxygen atoms in total. The van der Waals surface area contributed by atoms with E-state index in [-0.39, 0.29) is 0 Å². The van der Waals surface area contributed by atoms with E-state index in [2.05, 4.69) is 6.92 Å². The van der Waals surface area contributed by atoms with E-state index in [1.165, 1.54) is 18.9 Å². The van der Waals surface area contributed by atoms with Crippen molar-refractivity contribution in [2.24, 2.45) is 5.92 Å². The van der Waals surface area contributed by atoms with Gasteiger partial charge in [0.25, 0.3) is 0 Å². The molecule has 1 unspecified atom stereocenters. The predicted octanol–water partition coefficient (Wildman–Crippen LogP) is 4.57. The van der Waals surface area contributed by atoms with Crippen LogP contribution >= 0.6 is 0 Å². The van der Waals surface area contributed by atoms with Crippen molar-refractivity contribution in [1.29, 1.82) is 0 Å². The Morgan fingerprint density at radius 1 is 1.19 bits per heavy atom. The molecule has 0 saturated heterocycles. The van der Waals surface area contributed by atoms with Crippen molar-refractivity contribution in [2.75, 3.05) is 0 Å². The van der Waals surface area contributed by atoms with Gasteiger partial charge in [0, 0.05) is 0 Å². The summed E-state index contributed by atoms with van der Waals surface area (Å²) in [6, 6.07) is 3.02. The van der Waals surface area contributed by atoms with Gasteiger partial charge in [-0.05, 0) is 48.8 Å². The fraction of sp³-hybridized carbons (Fsp3) is 0.571. The summed E-state index contributed by atoms with van der Waals surface area (Å²) < 4.78 is 26.5. The molecule has 0 aliphatic heterocycles. The van der Waals surface area contributed by atoms with E-state index >= 15 is 0 Å². The summed E-state index contributed by atoms with van der Waals surface area (Å²) >= 11 is 0. The summed E-state index contributed by atoms with van der Waals surface area (Å²) in [6.07, 6.45) is 4.67. The number of halogens is 2. The van der Waals surface area contributed by atoms with Gasteiger partial charge in [-0.2, -0.15) is 0 Å². The summed E-state index contributed by atoms with van der Waals surface area (Å²) in [5.74, 6) is -0.286. The average Bonchev–Trinajstić information content (AvgIpc) is 2.26. The maximum absolute atomic E-state index is 13.5. The topological polar surface area (TPSA) is 0 Å². The number of rotatable bonds is 1. The van der Waals surface area contributed by atoms with Gasteiger partial charge in [0.15, 0.2) is 11.6 Å². The maximum Gasteiger partial charge on any atom is 0.162 e. The van der Waals surface area contributed by atoms with E-state index in [1.807, 2.05) is 0 Å². The number of benzene rings is 1. The highest BCUT2D eigenvalue weighted by Gasteiger charge is 2.23. The number of hydrogen-bond acceptors (Lipinski definition) is 0. The third kappa shape index (κ3) is 2.11. The van der Waals surface area contributed by atoms with E-state index in [4.69, 9.17) is 0 Å². The van der Waals surface area contributed by atoms with Crippen LogP contribution in [0.3, 0.4) is 0 Å². The Balaban J connectivity index is 2.29. The van der Waals surface area contributed by atoms with Gasteiger partial charge in [0.05, 0.1) is 0 Å². The summed E-state index contributed by atoms with van der Waals surface area (Å²) in [5, 5.41) is 0. The molecule has 0 heterocycles. The normalized spacial score (nSPS) is 25.8. The second-order valence-corrected chi connectivity index (χ2v) is 5.04. The first-order valence-corrected chi connectivity index (χ1v) is 6.04. The molecule has 1 aliphatic carbocycles. The molecule has 2 atom stereocenters. The summed E-state index contributed by atoms with van der Waals surface area (Å²) in [6.45, 7) is 3.92. The van der Waals surface area contributed by atoms with Crippen molar-refractivity contribution < 1.29 is 8.78 Å². The quantitative estimate of drug-likeness (QED) is 0.655. The third-order valence-corrected chi connectivity index (χ3v) is 3.76. The molecule has 0 aromatic heterocycles. The van der Waals surface area contributed by atoms with E-state index < -0.39 is 11.6 Å². The van der Waals surface area contributed by atoms with E-state index in [0.717, 1.165) is 18.4 Å². The van der Waals surface area contributed by atoms with Gasteiger partial charge in [0.1, 0.15) is 0 Å². The van der Waals surface area contributed by atoms with Gasteiger partial charge in [-0.3, -0.25) is 0 Å². The minimum Gasteiger partial charge on any atom is -0.204 e. The van der Waals surface area contributed by atoms with E-state index in [9.17, 15) is 8.78 Å². The van der Waals surface area contributed by atoms with Crippen LogP contribution in [0, 0.1) is 24.5 Å². The van der Waals surface area contributed by atoms with Gasteiger partial charge in [0.2, 0.25) is 0 Å². The zero-order valence-electron chi connectivity index (χ0n) is 9.89. The summed E-state index contributed by atoms with van der Waals surface area (Å²) in [4.78, 5) is 0. The molecule has 16 heavy (non-hydrogen) atoms. The minimum absolute atomic E-state index is 0.416. The fourth-order valence-corrected chi connectivity index (χ4v) is 2.83. The Bertz CT molecular complexity index is 385. The molecule has 0 radical (unpaired) electrons. The van der Waals surface area contributed by atoms with Crippen LogP contribution in [0.15, 0.2) is 12.1 Å². The lowest BCUT2D eigenvalue weighted by Crippen LogP contribution is -2.13. The van der Waals surface area contributed by atoms with Crippen molar-refractivity contribution >= 4 is 0 Å². The molecule has 0 amide bonds. The molecule has 1 aliphatic rings. The van der Waals surface area contributed by atoms with Gasteiger partial charge < -0.3 is 0 Å². The summed E-state index contributed by atoms with van der Waals surface area (Å²) in [7, 11) is 0. The molecular formula is C14H18F2. The average molecular weight is 224 g/mol. The highest BCUT2D eigenvalue weighted by Crippen LogP contribution is 2.37. The Morgan fingerprint density at radius 2 is 1.94 bits per heavy atom. The zero-order valence-corrected chi connectivity index (χ0v) is 9.89. The molecule has 0 spiro atoms. The fourth-order valence-electron chi connectivity index (χ4n) is 2.83. The monoisotopic (exact) mass is 224 g/mol. The van der Waals surface area contributed by atoms with Crippen LogP contribution in [0.5, 0.6) is 0 Å². The van der Waals surface area contributed by atoms with E-state index in [1.54, 1.807) is 13.0 Å². The summed E-state index contributed by atoms with van der Waals surface area (Å²) in [5.41, 5.74) is 1.50. The maximum atomic E-state index is 13.5. The van der Waals surface area contributed by atoms with Crippen LogP contribution in [0.2, 0.25) is 0 Å². The van der Waals surface area contributed by atoms with Crippen molar-refractivity contribution in [2.45, 2.75) is 45.4 Å². The molecule has 1 aromatic carbocycles. The second-order valence-electron chi connectivity index (χ2n) is 5.04. The van der Waals surface area contributed by atoms with Crippen molar-refractivity contribution in [3.63, 3.8) is 0 Å². The van der Waals surface area contributed by atoms with Gasteiger partial charge in [-0.15, -0.1) is 0 Å². The molecule has 0 N–H and O–H groups in total. The van der Waals surface area contributed by atoms with Crippen LogP contribution in [-0.4, -0.2) is 0 Å². The SMILES string of the molecule is Cc1c(C2CCC[C@@H](C)C2)ccc(F)c1F. The van der Waals surface area contributed by atoms with Gasteiger partial charge >= 0.3 is 0 Å². The van der Waals surface area contributed by atoms with Crippen LogP contribution < -0.4 is 0 Å². The standard InChI is InChI=1S/C14H18F2/c1-9-4-3-5-11(8-9)12-6-7-13(15)14(16)10(12)2/h6-7,9,11H,3-5,8H2,1-2H3/t9-,11?/m1/s1. The van der Waals surface area contributed by atoms with Crippen molar-refractivity contribution in [3.05, 3.63) is 34.9 Å². The second kappa shape index (κ2) is 4.52. The zero-order chi connectivity index (χ0) is 11.7. The largest absolute Gasteiger partial charge is 0.204 e. The lowest BCUT2D eigenvalue weighted by molar-refractivity contribution is 0.342. The first-order chi connectivity index (χ1) is 7.59. The lowest BCUT2D eigenvalue weighted by atomic mass is 9.77. The first kappa shape index (κ1) is 11.6. The third-order valence-electron chi connectivity index (χ3n) is 3.76. The Morgan fingerprint density at radius 3 is 2.62 bits per heavy atom. The van der Waals surface area contributed by atoms with Gasteiger partial charge in [-0.1, -0.05) is 25.8 Å². The molecule has 1 aromatic rings. The Labute approximate surface area is 95.7 Å². The molecular weight excluding hydrogens is 206 g/mol.